The second-order valence-electron chi connectivity index (χ2n) is 8.21. The summed E-state index contributed by atoms with van der Waals surface area (Å²) in [7, 11) is 0. The maximum Gasteiger partial charge on any atom is 0.131 e. The largest absolute Gasteiger partial charge is 0.493 e. The van der Waals surface area contributed by atoms with Gasteiger partial charge in [-0.3, -0.25) is 4.98 Å². The highest BCUT2D eigenvalue weighted by molar-refractivity contribution is 5.76. The van der Waals surface area contributed by atoms with Crippen LogP contribution in [-0.4, -0.2) is 36.6 Å². The molecule has 0 radical (unpaired) electrons. The summed E-state index contributed by atoms with van der Waals surface area (Å²) in [6.07, 6.45) is 7.54. The second-order valence-corrected chi connectivity index (χ2v) is 8.21. The standard InChI is InChI=1S/C25H22N6O/c1-2-4-17(5-3-1)10-18-6-7-20-19(8-9-32-25(20)11-18)14-31-15-24(27-16-31)21-12-22-23(13-26-21)29-30-28-22/h1-7,11-13,15-16,19H,8-10,14H2,(H,28,29,30). The molecule has 7 nitrogen and oxygen atoms in total. The van der Waals surface area contributed by atoms with Crippen LogP contribution in [0, 0.1) is 0 Å². The van der Waals surface area contributed by atoms with E-state index in [-0.39, 0.29) is 0 Å². The van der Waals surface area contributed by atoms with E-state index >= 15 is 0 Å². The number of hydrogen-bond acceptors (Lipinski definition) is 5. The summed E-state index contributed by atoms with van der Waals surface area (Å²) in [4.78, 5) is 9.04. The second kappa shape index (κ2) is 7.92. The van der Waals surface area contributed by atoms with Gasteiger partial charge in [0.15, 0.2) is 0 Å². The first-order valence-corrected chi connectivity index (χ1v) is 10.8. The Hall–Kier alpha value is -4.00. The molecule has 0 spiro atoms. The van der Waals surface area contributed by atoms with Crippen molar-refractivity contribution in [2.45, 2.75) is 25.3 Å². The number of aromatic amines is 1. The van der Waals surface area contributed by atoms with Crippen LogP contribution in [0.1, 0.15) is 29.0 Å². The Morgan fingerprint density at radius 1 is 0.938 bits per heavy atom. The minimum Gasteiger partial charge on any atom is -0.493 e. The first kappa shape index (κ1) is 18.7. The number of H-pyrrole nitrogens is 1. The maximum absolute atomic E-state index is 6.03. The zero-order chi connectivity index (χ0) is 21.3. The van der Waals surface area contributed by atoms with E-state index in [4.69, 9.17) is 4.74 Å². The monoisotopic (exact) mass is 422 g/mol. The van der Waals surface area contributed by atoms with Gasteiger partial charge in [-0.25, -0.2) is 4.98 Å². The van der Waals surface area contributed by atoms with Crippen molar-refractivity contribution in [3.8, 4) is 17.1 Å². The molecule has 5 aromatic rings. The fourth-order valence-electron chi connectivity index (χ4n) is 4.37. The van der Waals surface area contributed by atoms with Gasteiger partial charge in [0, 0.05) is 18.7 Å². The highest BCUT2D eigenvalue weighted by atomic mass is 16.5. The van der Waals surface area contributed by atoms with Crippen molar-refractivity contribution in [2.75, 3.05) is 6.61 Å². The van der Waals surface area contributed by atoms with E-state index < -0.39 is 0 Å². The molecule has 7 heteroatoms. The van der Waals surface area contributed by atoms with E-state index in [0.717, 1.165) is 54.2 Å². The van der Waals surface area contributed by atoms with E-state index in [9.17, 15) is 0 Å². The summed E-state index contributed by atoms with van der Waals surface area (Å²) >= 11 is 0. The zero-order valence-electron chi connectivity index (χ0n) is 17.5. The fourth-order valence-corrected chi connectivity index (χ4v) is 4.37. The number of pyridine rings is 1. The lowest BCUT2D eigenvalue weighted by atomic mass is 9.91. The molecule has 0 fully saturated rings. The summed E-state index contributed by atoms with van der Waals surface area (Å²) in [5.41, 5.74) is 7.01. The molecule has 158 valence electrons. The van der Waals surface area contributed by atoms with E-state index in [0.29, 0.717) is 5.92 Å². The van der Waals surface area contributed by atoms with Crippen molar-refractivity contribution in [3.05, 3.63) is 90.0 Å². The van der Waals surface area contributed by atoms with Crippen LogP contribution in [0.2, 0.25) is 0 Å². The molecule has 1 atom stereocenters. The van der Waals surface area contributed by atoms with Crippen LogP contribution in [0.3, 0.4) is 0 Å². The third-order valence-corrected chi connectivity index (χ3v) is 6.02. The van der Waals surface area contributed by atoms with Crippen molar-refractivity contribution in [2.24, 2.45) is 0 Å². The van der Waals surface area contributed by atoms with Crippen LogP contribution >= 0.6 is 0 Å². The van der Waals surface area contributed by atoms with Gasteiger partial charge in [-0.1, -0.05) is 42.5 Å². The lowest BCUT2D eigenvalue weighted by Gasteiger charge is -2.26. The van der Waals surface area contributed by atoms with Crippen LogP contribution in [-0.2, 0) is 13.0 Å². The van der Waals surface area contributed by atoms with Crippen LogP contribution in [0.25, 0.3) is 22.4 Å². The molecular formula is C25H22N6O. The molecular weight excluding hydrogens is 400 g/mol. The van der Waals surface area contributed by atoms with E-state index in [2.05, 4.69) is 72.4 Å². The molecule has 0 bridgehead atoms. The maximum atomic E-state index is 6.03. The molecule has 4 heterocycles. The molecule has 1 aliphatic heterocycles. The highest BCUT2D eigenvalue weighted by Crippen LogP contribution is 2.36. The van der Waals surface area contributed by atoms with Crippen molar-refractivity contribution in [1.29, 1.82) is 0 Å². The minimum absolute atomic E-state index is 0.387. The van der Waals surface area contributed by atoms with E-state index in [1.54, 1.807) is 6.20 Å². The third kappa shape index (κ3) is 3.62. The Morgan fingerprint density at radius 3 is 2.78 bits per heavy atom. The molecule has 1 unspecified atom stereocenters. The zero-order valence-corrected chi connectivity index (χ0v) is 17.5. The van der Waals surface area contributed by atoms with Crippen molar-refractivity contribution < 1.29 is 4.74 Å². The number of hydrogen-bond donors (Lipinski definition) is 1. The molecule has 3 aromatic heterocycles. The normalized spacial score (nSPS) is 15.4. The topological polar surface area (TPSA) is 81.5 Å². The lowest BCUT2D eigenvalue weighted by molar-refractivity contribution is 0.258. The summed E-state index contributed by atoms with van der Waals surface area (Å²) in [5, 5.41) is 10.8. The predicted octanol–water partition coefficient (Wildman–Crippen LogP) is 4.37. The van der Waals surface area contributed by atoms with Gasteiger partial charge in [-0.2, -0.15) is 15.4 Å². The van der Waals surface area contributed by atoms with Crippen molar-refractivity contribution in [3.63, 3.8) is 0 Å². The Labute approximate surface area is 185 Å². The van der Waals surface area contributed by atoms with E-state index in [1.807, 2.05) is 24.7 Å². The smallest absolute Gasteiger partial charge is 0.131 e. The number of benzene rings is 2. The number of aromatic nitrogens is 6. The van der Waals surface area contributed by atoms with Gasteiger partial charge in [0.25, 0.3) is 0 Å². The molecule has 1 aliphatic rings. The number of nitrogens with one attached hydrogen (secondary N) is 1. The number of rotatable bonds is 5. The SMILES string of the molecule is c1ccc(Cc2ccc3c(c2)OCCC3Cn2cnc(-c3cc4n[nH]nc4cn3)c2)cc1. The molecule has 0 amide bonds. The number of fused-ring (bicyclic) bond motifs is 2. The Balaban J connectivity index is 1.21. The fraction of sp³-hybridized carbons (Fsp3) is 0.200. The van der Waals surface area contributed by atoms with E-state index in [1.165, 1.54) is 16.7 Å². The van der Waals surface area contributed by atoms with Crippen LogP contribution in [0.5, 0.6) is 5.75 Å². The summed E-state index contributed by atoms with van der Waals surface area (Å²) in [5.74, 6) is 1.39. The van der Waals surface area contributed by atoms with Crippen LogP contribution < -0.4 is 4.74 Å². The third-order valence-electron chi connectivity index (χ3n) is 6.02. The Morgan fingerprint density at radius 2 is 1.84 bits per heavy atom. The average molecular weight is 422 g/mol. The summed E-state index contributed by atoms with van der Waals surface area (Å²) in [6, 6.07) is 19.1. The number of nitrogens with zero attached hydrogens (tertiary/aromatic N) is 5. The minimum atomic E-state index is 0.387. The van der Waals surface area contributed by atoms with Crippen LogP contribution in [0.15, 0.2) is 73.3 Å². The van der Waals surface area contributed by atoms with Gasteiger partial charge >= 0.3 is 0 Å². The van der Waals surface area contributed by atoms with Gasteiger partial charge in [0.05, 0.1) is 24.8 Å². The lowest BCUT2D eigenvalue weighted by Crippen LogP contribution is -2.18. The predicted molar refractivity (Wildman–Crippen MR) is 121 cm³/mol. The van der Waals surface area contributed by atoms with Gasteiger partial charge in [0.2, 0.25) is 0 Å². The molecule has 0 aliphatic carbocycles. The highest BCUT2D eigenvalue weighted by Gasteiger charge is 2.22. The van der Waals surface area contributed by atoms with Gasteiger partial charge in [-0.15, -0.1) is 0 Å². The number of imidazole rings is 1. The Bertz CT molecular complexity index is 1370. The molecule has 6 rings (SSSR count). The molecule has 0 saturated carbocycles. The summed E-state index contributed by atoms with van der Waals surface area (Å²) < 4.78 is 8.17. The van der Waals surface area contributed by atoms with Gasteiger partial charge in [-0.05, 0) is 41.7 Å². The quantitative estimate of drug-likeness (QED) is 0.455. The molecule has 2 aromatic carbocycles. The van der Waals surface area contributed by atoms with Gasteiger partial charge < -0.3 is 9.30 Å². The average Bonchev–Trinajstić information content (AvgIpc) is 3.49. The van der Waals surface area contributed by atoms with Crippen molar-refractivity contribution >= 4 is 11.0 Å². The molecule has 0 saturated heterocycles. The van der Waals surface area contributed by atoms with Crippen LogP contribution in [0.4, 0.5) is 0 Å². The first-order valence-electron chi connectivity index (χ1n) is 10.8. The number of ether oxygens (including phenoxy) is 1. The van der Waals surface area contributed by atoms with Crippen molar-refractivity contribution in [1.82, 2.24) is 29.9 Å². The van der Waals surface area contributed by atoms with Gasteiger partial charge in [0.1, 0.15) is 22.5 Å². The Kier molecular flexibility index (Phi) is 4.64. The molecule has 32 heavy (non-hydrogen) atoms. The molecule has 1 N–H and O–H groups in total. The first-order chi connectivity index (χ1) is 15.8. The summed E-state index contributed by atoms with van der Waals surface area (Å²) in [6.45, 7) is 1.59.